The van der Waals surface area contributed by atoms with Gasteiger partial charge in [-0.2, -0.15) is 0 Å². The molecule has 0 aromatic rings. The van der Waals surface area contributed by atoms with Crippen molar-refractivity contribution in [2.24, 2.45) is 11.1 Å². The highest BCUT2D eigenvalue weighted by Crippen LogP contribution is 2.19. The quantitative estimate of drug-likeness (QED) is 0.685. The van der Waals surface area contributed by atoms with E-state index in [9.17, 15) is 4.79 Å². The van der Waals surface area contributed by atoms with Crippen molar-refractivity contribution in [3.05, 3.63) is 0 Å². The monoisotopic (exact) mass is 243 g/mol. The fourth-order valence-corrected chi connectivity index (χ4v) is 1.97. The van der Waals surface area contributed by atoms with Gasteiger partial charge in [-0.1, -0.05) is 20.8 Å². The Kier molecular flexibility index (Phi) is 5.21. The molecule has 1 rings (SSSR count). The summed E-state index contributed by atoms with van der Waals surface area (Å²) in [6.07, 6.45) is 1.78. The number of nitrogens with one attached hydrogen (secondary N) is 2. The summed E-state index contributed by atoms with van der Waals surface area (Å²) in [4.78, 5) is 11.5. The number of urea groups is 1. The average Bonchev–Trinajstić information content (AvgIpc) is 2.64. The number of amides is 2. The van der Waals surface area contributed by atoms with Crippen molar-refractivity contribution in [2.75, 3.05) is 19.8 Å². The van der Waals surface area contributed by atoms with E-state index in [1.165, 1.54) is 0 Å². The molecule has 1 saturated heterocycles. The molecule has 5 heteroatoms. The van der Waals surface area contributed by atoms with Crippen molar-refractivity contribution in [1.82, 2.24) is 10.6 Å². The second kappa shape index (κ2) is 6.21. The van der Waals surface area contributed by atoms with Crippen LogP contribution in [0.1, 0.15) is 33.6 Å². The van der Waals surface area contributed by atoms with E-state index in [0.29, 0.717) is 13.2 Å². The summed E-state index contributed by atoms with van der Waals surface area (Å²) in [6, 6.07) is -0.000669. The number of hydrogen-bond donors (Lipinski definition) is 3. The van der Waals surface area contributed by atoms with E-state index in [1.807, 2.05) is 0 Å². The SMILES string of the molecule is CC(C)(C)CC(N)CNC(=O)NC1CCOC1. The van der Waals surface area contributed by atoms with Gasteiger partial charge in [0, 0.05) is 19.2 Å². The average molecular weight is 243 g/mol. The highest BCUT2D eigenvalue weighted by molar-refractivity contribution is 5.74. The normalized spacial score (nSPS) is 22.2. The summed E-state index contributed by atoms with van der Waals surface area (Å²) in [7, 11) is 0. The lowest BCUT2D eigenvalue weighted by molar-refractivity contribution is 0.188. The van der Waals surface area contributed by atoms with Gasteiger partial charge < -0.3 is 21.1 Å². The molecule has 2 amide bonds. The number of rotatable bonds is 4. The Morgan fingerprint density at radius 3 is 2.76 bits per heavy atom. The molecule has 4 N–H and O–H groups in total. The molecule has 0 bridgehead atoms. The lowest BCUT2D eigenvalue weighted by Gasteiger charge is -2.23. The van der Waals surface area contributed by atoms with E-state index in [0.717, 1.165) is 19.4 Å². The first-order valence-electron chi connectivity index (χ1n) is 6.24. The van der Waals surface area contributed by atoms with Crippen LogP contribution in [0.2, 0.25) is 0 Å². The zero-order valence-corrected chi connectivity index (χ0v) is 11.1. The number of carbonyl (C=O) groups excluding carboxylic acids is 1. The third-order valence-electron chi connectivity index (χ3n) is 2.66. The molecule has 0 radical (unpaired) electrons. The van der Waals surface area contributed by atoms with E-state index < -0.39 is 0 Å². The van der Waals surface area contributed by atoms with Crippen LogP contribution >= 0.6 is 0 Å². The van der Waals surface area contributed by atoms with Crippen molar-refractivity contribution in [1.29, 1.82) is 0 Å². The number of carbonyl (C=O) groups is 1. The van der Waals surface area contributed by atoms with E-state index in [1.54, 1.807) is 0 Å². The Morgan fingerprint density at radius 2 is 2.24 bits per heavy atom. The number of hydrogen-bond acceptors (Lipinski definition) is 3. The standard InChI is InChI=1S/C12H25N3O2/c1-12(2,3)6-9(13)7-14-11(16)15-10-4-5-17-8-10/h9-10H,4-8,13H2,1-3H3,(H2,14,15,16). The van der Waals surface area contributed by atoms with Gasteiger partial charge in [0.1, 0.15) is 0 Å². The van der Waals surface area contributed by atoms with Crippen LogP contribution in [-0.2, 0) is 4.74 Å². The minimum absolute atomic E-state index is 0.000535. The van der Waals surface area contributed by atoms with Gasteiger partial charge in [0.2, 0.25) is 0 Å². The van der Waals surface area contributed by atoms with Crippen LogP contribution in [0.5, 0.6) is 0 Å². The van der Waals surface area contributed by atoms with Crippen molar-refractivity contribution in [2.45, 2.75) is 45.7 Å². The Bertz CT molecular complexity index is 245. The van der Waals surface area contributed by atoms with Gasteiger partial charge in [0.25, 0.3) is 0 Å². The van der Waals surface area contributed by atoms with Crippen LogP contribution < -0.4 is 16.4 Å². The van der Waals surface area contributed by atoms with E-state index in [4.69, 9.17) is 10.5 Å². The van der Waals surface area contributed by atoms with Gasteiger partial charge in [-0.05, 0) is 18.3 Å². The van der Waals surface area contributed by atoms with Crippen LogP contribution in [0.15, 0.2) is 0 Å². The third-order valence-corrected chi connectivity index (χ3v) is 2.66. The molecule has 5 nitrogen and oxygen atoms in total. The summed E-state index contributed by atoms with van der Waals surface area (Å²) < 4.78 is 5.18. The minimum atomic E-state index is -0.148. The molecule has 0 saturated carbocycles. The molecule has 1 aliphatic rings. The van der Waals surface area contributed by atoms with Gasteiger partial charge in [0.15, 0.2) is 0 Å². The van der Waals surface area contributed by atoms with Crippen molar-refractivity contribution >= 4 is 6.03 Å². The summed E-state index contributed by atoms with van der Waals surface area (Å²) in [5.41, 5.74) is 6.14. The fourth-order valence-electron chi connectivity index (χ4n) is 1.97. The first-order valence-corrected chi connectivity index (χ1v) is 6.24. The zero-order chi connectivity index (χ0) is 12.9. The predicted molar refractivity (Wildman–Crippen MR) is 67.8 cm³/mol. The van der Waals surface area contributed by atoms with Gasteiger partial charge in [0.05, 0.1) is 12.6 Å². The van der Waals surface area contributed by atoms with Crippen LogP contribution in [0, 0.1) is 5.41 Å². The van der Waals surface area contributed by atoms with Crippen molar-refractivity contribution in [3.8, 4) is 0 Å². The molecule has 100 valence electrons. The van der Waals surface area contributed by atoms with Crippen LogP contribution in [0.25, 0.3) is 0 Å². The van der Waals surface area contributed by atoms with Crippen LogP contribution in [0.3, 0.4) is 0 Å². The Labute approximate surface area is 103 Å². The summed E-state index contributed by atoms with van der Waals surface area (Å²) in [5.74, 6) is 0. The highest BCUT2D eigenvalue weighted by atomic mass is 16.5. The first-order chi connectivity index (χ1) is 7.87. The molecule has 2 unspecified atom stereocenters. The number of ether oxygens (including phenoxy) is 1. The van der Waals surface area contributed by atoms with Crippen LogP contribution in [0.4, 0.5) is 4.79 Å². The molecule has 1 heterocycles. The van der Waals surface area contributed by atoms with E-state index >= 15 is 0 Å². The smallest absolute Gasteiger partial charge is 0.315 e. The topological polar surface area (TPSA) is 76.4 Å². The van der Waals surface area contributed by atoms with Gasteiger partial charge in [-0.15, -0.1) is 0 Å². The predicted octanol–water partition coefficient (Wildman–Crippen LogP) is 0.838. The van der Waals surface area contributed by atoms with Gasteiger partial charge in [-0.3, -0.25) is 0 Å². The summed E-state index contributed by atoms with van der Waals surface area (Å²) in [5, 5.41) is 5.67. The Hall–Kier alpha value is -0.810. The van der Waals surface area contributed by atoms with Crippen molar-refractivity contribution in [3.63, 3.8) is 0 Å². The molecule has 2 atom stereocenters. The largest absolute Gasteiger partial charge is 0.379 e. The maximum Gasteiger partial charge on any atom is 0.315 e. The molecular weight excluding hydrogens is 218 g/mol. The molecule has 0 spiro atoms. The second-order valence-electron chi connectivity index (χ2n) is 5.94. The zero-order valence-electron chi connectivity index (χ0n) is 11.1. The Morgan fingerprint density at radius 1 is 1.53 bits per heavy atom. The Balaban J connectivity index is 2.14. The molecule has 0 aliphatic carbocycles. The number of nitrogens with two attached hydrogens (primary N) is 1. The third kappa shape index (κ3) is 6.48. The van der Waals surface area contributed by atoms with Crippen LogP contribution in [-0.4, -0.2) is 37.9 Å². The molecule has 1 fully saturated rings. The van der Waals surface area contributed by atoms with E-state index in [-0.39, 0.29) is 23.5 Å². The maximum absolute atomic E-state index is 11.5. The van der Waals surface area contributed by atoms with Crippen molar-refractivity contribution < 1.29 is 9.53 Å². The van der Waals surface area contributed by atoms with Gasteiger partial charge >= 0.3 is 6.03 Å². The molecule has 1 aliphatic heterocycles. The summed E-state index contributed by atoms with van der Waals surface area (Å²) in [6.45, 7) is 8.28. The molecule has 17 heavy (non-hydrogen) atoms. The molecule has 0 aromatic heterocycles. The first kappa shape index (κ1) is 14.3. The fraction of sp³-hybridized carbons (Fsp3) is 0.917. The minimum Gasteiger partial charge on any atom is -0.379 e. The maximum atomic E-state index is 11.5. The summed E-state index contributed by atoms with van der Waals surface area (Å²) >= 11 is 0. The second-order valence-corrected chi connectivity index (χ2v) is 5.94. The van der Waals surface area contributed by atoms with E-state index in [2.05, 4.69) is 31.4 Å². The molecule has 0 aromatic carbocycles. The highest BCUT2D eigenvalue weighted by Gasteiger charge is 2.19. The molecular formula is C12H25N3O2. The lowest BCUT2D eigenvalue weighted by atomic mass is 9.88. The lowest BCUT2D eigenvalue weighted by Crippen LogP contribution is -2.47. The van der Waals surface area contributed by atoms with Gasteiger partial charge in [-0.25, -0.2) is 4.79 Å².